The highest BCUT2D eigenvalue weighted by atomic mass is 79.9. The molecule has 7 heteroatoms. The maximum atomic E-state index is 12.3. The smallest absolute Gasteiger partial charge is 0.236 e. The molecule has 0 bridgehead atoms. The molecule has 0 atom stereocenters. The van der Waals surface area contributed by atoms with Crippen molar-refractivity contribution in [1.82, 2.24) is 14.7 Å². The van der Waals surface area contributed by atoms with Gasteiger partial charge in [0.1, 0.15) is 12.4 Å². The lowest BCUT2D eigenvalue weighted by atomic mass is 10.3. The van der Waals surface area contributed by atoms with Crippen LogP contribution in [-0.2, 0) is 9.59 Å². The van der Waals surface area contributed by atoms with Crippen LogP contribution in [0.5, 0.6) is 5.75 Å². The summed E-state index contributed by atoms with van der Waals surface area (Å²) in [4.78, 5) is 29.2. The number of carbonyl (C=O) groups excluding carboxylic acids is 2. The molecular formula is C17H24BrN3O3. The standard InChI is InChI=1S/C17H24BrN3O3/c1-14(22)21-9-7-20(8-10-21)13-17(23)19(2)11-12-24-16-5-3-15(18)4-6-16/h3-6H,7-13H2,1-2H3. The molecule has 24 heavy (non-hydrogen) atoms. The molecule has 2 rings (SSSR count). The van der Waals surface area contributed by atoms with Crippen LogP contribution in [-0.4, -0.2) is 79.4 Å². The lowest BCUT2D eigenvalue weighted by molar-refractivity contribution is -0.133. The molecule has 0 aromatic heterocycles. The molecule has 1 saturated heterocycles. The summed E-state index contributed by atoms with van der Waals surface area (Å²) in [5.41, 5.74) is 0. The summed E-state index contributed by atoms with van der Waals surface area (Å²) in [6, 6.07) is 7.62. The van der Waals surface area contributed by atoms with Crippen molar-refractivity contribution in [2.45, 2.75) is 6.92 Å². The number of nitrogens with zero attached hydrogens (tertiary/aromatic N) is 3. The van der Waals surface area contributed by atoms with Gasteiger partial charge in [-0.25, -0.2) is 0 Å². The van der Waals surface area contributed by atoms with E-state index in [-0.39, 0.29) is 11.8 Å². The average Bonchev–Trinajstić information content (AvgIpc) is 2.57. The summed E-state index contributed by atoms with van der Waals surface area (Å²) in [5, 5.41) is 0. The van der Waals surface area contributed by atoms with Crippen molar-refractivity contribution in [3.8, 4) is 5.75 Å². The van der Waals surface area contributed by atoms with Gasteiger partial charge in [0.2, 0.25) is 11.8 Å². The Morgan fingerprint density at radius 2 is 1.79 bits per heavy atom. The van der Waals surface area contributed by atoms with Gasteiger partial charge in [-0.3, -0.25) is 14.5 Å². The maximum absolute atomic E-state index is 12.3. The Morgan fingerprint density at radius 1 is 1.17 bits per heavy atom. The third-order valence-corrected chi connectivity index (χ3v) is 4.64. The molecule has 1 aromatic rings. The molecule has 0 saturated carbocycles. The first-order chi connectivity index (χ1) is 11.5. The Kier molecular flexibility index (Phi) is 7.05. The zero-order chi connectivity index (χ0) is 17.5. The molecule has 6 nitrogen and oxygen atoms in total. The van der Waals surface area contributed by atoms with Gasteiger partial charge in [-0.2, -0.15) is 0 Å². The third-order valence-electron chi connectivity index (χ3n) is 4.11. The number of hydrogen-bond acceptors (Lipinski definition) is 4. The van der Waals surface area contributed by atoms with E-state index in [1.54, 1.807) is 18.9 Å². The molecule has 0 aliphatic carbocycles. The third kappa shape index (κ3) is 5.79. The number of carbonyl (C=O) groups is 2. The SMILES string of the molecule is CC(=O)N1CCN(CC(=O)N(C)CCOc2ccc(Br)cc2)CC1. The second kappa shape index (κ2) is 9.03. The van der Waals surface area contributed by atoms with E-state index in [4.69, 9.17) is 4.74 Å². The highest BCUT2D eigenvalue weighted by Crippen LogP contribution is 2.15. The first kappa shape index (κ1) is 18.7. The van der Waals surface area contributed by atoms with Crippen LogP contribution in [0.2, 0.25) is 0 Å². The molecule has 1 fully saturated rings. The quantitative estimate of drug-likeness (QED) is 0.728. The minimum Gasteiger partial charge on any atom is -0.492 e. The number of benzene rings is 1. The summed E-state index contributed by atoms with van der Waals surface area (Å²) >= 11 is 3.38. The van der Waals surface area contributed by atoms with E-state index < -0.39 is 0 Å². The van der Waals surface area contributed by atoms with Crippen molar-refractivity contribution in [1.29, 1.82) is 0 Å². The normalized spacial score (nSPS) is 15.2. The lowest BCUT2D eigenvalue weighted by Crippen LogP contribution is -2.51. The zero-order valence-corrected chi connectivity index (χ0v) is 15.8. The average molecular weight is 398 g/mol. The topological polar surface area (TPSA) is 53.1 Å². The number of halogens is 1. The highest BCUT2D eigenvalue weighted by molar-refractivity contribution is 9.10. The molecule has 132 valence electrons. The van der Waals surface area contributed by atoms with Crippen LogP contribution >= 0.6 is 15.9 Å². The summed E-state index contributed by atoms with van der Waals surface area (Å²) in [7, 11) is 1.79. The lowest BCUT2D eigenvalue weighted by Gasteiger charge is -2.34. The van der Waals surface area contributed by atoms with E-state index in [2.05, 4.69) is 20.8 Å². The van der Waals surface area contributed by atoms with Gasteiger partial charge < -0.3 is 14.5 Å². The van der Waals surface area contributed by atoms with Crippen LogP contribution in [0.4, 0.5) is 0 Å². The van der Waals surface area contributed by atoms with Crippen molar-refractivity contribution >= 4 is 27.7 Å². The zero-order valence-electron chi connectivity index (χ0n) is 14.2. The van der Waals surface area contributed by atoms with Crippen LogP contribution in [0.3, 0.4) is 0 Å². The van der Waals surface area contributed by atoms with Crippen LogP contribution < -0.4 is 4.74 Å². The van der Waals surface area contributed by atoms with Gasteiger partial charge in [-0.15, -0.1) is 0 Å². The number of likely N-dealkylation sites (N-methyl/N-ethyl adjacent to an activating group) is 1. The molecule has 1 aliphatic rings. The monoisotopic (exact) mass is 397 g/mol. The Hall–Kier alpha value is -1.60. The molecule has 0 N–H and O–H groups in total. The van der Waals surface area contributed by atoms with Crippen LogP contribution in [0.15, 0.2) is 28.7 Å². The molecule has 1 heterocycles. The Labute approximate surface area is 151 Å². The number of hydrogen-bond donors (Lipinski definition) is 0. The predicted octanol–water partition coefficient (Wildman–Crippen LogP) is 1.45. The highest BCUT2D eigenvalue weighted by Gasteiger charge is 2.21. The molecule has 0 spiro atoms. The van der Waals surface area contributed by atoms with E-state index in [9.17, 15) is 9.59 Å². The van der Waals surface area contributed by atoms with Gasteiger partial charge in [0.15, 0.2) is 0 Å². The van der Waals surface area contributed by atoms with E-state index in [0.29, 0.717) is 32.8 Å². The van der Waals surface area contributed by atoms with Crippen molar-refractivity contribution in [3.05, 3.63) is 28.7 Å². The fraction of sp³-hybridized carbons (Fsp3) is 0.529. The Bertz CT molecular complexity index is 557. The van der Waals surface area contributed by atoms with Crippen molar-refractivity contribution in [3.63, 3.8) is 0 Å². The fourth-order valence-corrected chi connectivity index (χ4v) is 2.75. The van der Waals surface area contributed by atoms with Gasteiger partial charge in [0.25, 0.3) is 0 Å². The summed E-state index contributed by atoms with van der Waals surface area (Å²) < 4.78 is 6.65. The van der Waals surface area contributed by atoms with Gasteiger partial charge in [-0.05, 0) is 24.3 Å². The van der Waals surface area contributed by atoms with Crippen LogP contribution in [0.1, 0.15) is 6.92 Å². The number of ether oxygens (including phenoxy) is 1. The Balaban J connectivity index is 1.67. The van der Waals surface area contributed by atoms with Gasteiger partial charge >= 0.3 is 0 Å². The largest absolute Gasteiger partial charge is 0.492 e. The van der Waals surface area contributed by atoms with Gasteiger partial charge in [0, 0.05) is 44.6 Å². The minimum absolute atomic E-state index is 0.0747. The molecule has 0 unspecified atom stereocenters. The van der Waals surface area contributed by atoms with Crippen molar-refractivity contribution in [2.24, 2.45) is 0 Å². The van der Waals surface area contributed by atoms with E-state index in [1.165, 1.54) is 0 Å². The van der Waals surface area contributed by atoms with Crippen LogP contribution in [0, 0.1) is 0 Å². The molecular weight excluding hydrogens is 374 g/mol. The molecule has 1 aromatic carbocycles. The van der Waals surface area contributed by atoms with E-state index in [0.717, 1.165) is 23.3 Å². The van der Waals surface area contributed by atoms with E-state index in [1.807, 2.05) is 29.2 Å². The first-order valence-electron chi connectivity index (χ1n) is 8.06. The van der Waals surface area contributed by atoms with E-state index >= 15 is 0 Å². The molecule has 2 amide bonds. The van der Waals surface area contributed by atoms with Crippen molar-refractivity contribution in [2.75, 3.05) is 52.9 Å². The second-order valence-corrected chi connectivity index (χ2v) is 6.82. The summed E-state index contributed by atoms with van der Waals surface area (Å²) in [6.45, 7) is 5.85. The maximum Gasteiger partial charge on any atom is 0.236 e. The number of amides is 2. The Morgan fingerprint density at radius 3 is 2.38 bits per heavy atom. The molecule has 1 aliphatic heterocycles. The number of piperazine rings is 1. The van der Waals surface area contributed by atoms with Crippen molar-refractivity contribution < 1.29 is 14.3 Å². The number of rotatable bonds is 6. The fourth-order valence-electron chi connectivity index (χ4n) is 2.49. The van der Waals surface area contributed by atoms with Gasteiger partial charge in [0.05, 0.1) is 13.1 Å². The molecule has 0 radical (unpaired) electrons. The minimum atomic E-state index is 0.0747. The predicted molar refractivity (Wildman–Crippen MR) is 96.0 cm³/mol. The first-order valence-corrected chi connectivity index (χ1v) is 8.85. The summed E-state index contributed by atoms with van der Waals surface area (Å²) in [6.07, 6.45) is 0. The second-order valence-electron chi connectivity index (χ2n) is 5.90. The van der Waals surface area contributed by atoms with Gasteiger partial charge in [-0.1, -0.05) is 15.9 Å². The van der Waals surface area contributed by atoms with Crippen LogP contribution in [0.25, 0.3) is 0 Å². The summed E-state index contributed by atoms with van der Waals surface area (Å²) in [5.74, 6) is 0.966.